The average molecular weight is 345 g/mol. The van der Waals surface area contributed by atoms with E-state index in [9.17, 15) is 0 Å². The van der Waals surface area contributed by atoms with Crippen molar-refractivity contribution in [2.45, 2.75) is 44.7 Å². The number of rotatable bonds is 4. The minimum atomic E-state index is 0.538. The first-order valence-electron chi connectivity index (χ1n) is 9.22. The molecule has 2 saturated carbocycles. The van der Waals surface area contributed by atoms with Gasteiger partial charge in [0.15, 0.2) is 11.5 Å². The molecule has 1 N–H and O–H groups in total. The van der Waals surface area contributed by atoms with Crippen LogP contribution in [0.5, 0.6) is 0 Å². The highest BCUT2D eigenvalue weighted by atomic mass is 15.3. The van der Waals surface area contributed by atoms with Gasteiger partial charge in [-0.25, -0.2) is 19.5 Å². The summed E-state index contributed by atoms with van der Waals surface area (Å²) in [5, 5.41) is 7.89. The summed E-state index contributed by atoms with van der Waals surface area (Å²) in [5.74, 6) is 1.95. The molecule has 4 aromatic rings. The van der Waals surface area contributed by atoms with Gasteiger partial charge in [-0.15, -0.1) is 0 Å². The monoisotopic (exact) mass is 345 g/mol. The summed E-state index contributed by atoms with van der Waals surface area (Å²) in [7, 11) is 0. The predicted octanol–water partition coefficient (Wildman–Crippen LogP) is 3.36. The van der Waals surface area contributed by atoms with Crippen LogP contribution in [0.15, 0.2) is 30.9 Å². The fourth-order valence-electron chi connectivity index (χ4n) is 3.75. The zero-order valence-corrected chi connectivity index (χ0v) is 14.6. The minimum Gasteiger partial charge on any atom is -0.365 e. The minimum absolute atomic E-state index is 0.538. The van der Waals surface area contributed by atoms with Crippen LogP contribution < -0.4 is 5.32 Å². The first-order chi connectivity index (χ1) is 12.8. The number of nitrogens with zero attached hydrogens (tertiary/aromatic N) is 6. The Morgan fingerprint density at radius 3 is 2.85 bits per heavy atom. The van der Waals surface area contributed by atoms with Gasteiger partial charge in [0.25, 0.3) is 0 Å². The molecule has 0 saturated heterocycles. The van der Waals surface area contributed by atoms with E-state index in [4.69, 9.17) is 0 Å². The molecule has 26 heavy (non-hydrogen) atoms. The van der Waals surface area contributed by atoms with Gasteiger partial charge in [-0.3, -0.25) is 0 Å². The van der Waals surface area contributed by atoms with Crippen LogP contribution in [0.1, 0.15) is 37.5 Å². The second-order valence-electron chi connectivity index (χ2n) is 7.38. The zero-order chi connectivity index (χ0) is 17.3. The second kappa shape index (κ2) is 5.03. The maximum atomic E-state index is 4.64. The van der Waals surface area contributed by atoms with Crippen molar-refractivity contribution in [3.05, 3.63) is 36.7 Å². The molecule has 7 nitrogen and oxygen atoms in total. The molecule has 0 bridgehead atoms. The van der Waals surface area contributed by atoms with Crippen LogP contribution in [0.3, 0.4) is 0 Å². The smallest absolute Gasteiger partial charge is 0.177 e. The van der Waals surface area contributed by atoms with E-state index in [2.05, 4.69) is 49.0 Å². The number of pyridine rings is 1. The van der Waals surface area contributed by atoms with Crippen LogP contribution in [-0.4, -0.2) is 35.2 Å². The Labute approximate surface area is 150 Å². The molecule has 6 rings (SSSR count). The summed E-state index contributed by atoms with van der Waals surface area (Å²) in [4.78, 5) is 13.8. The molecule has 4 aromatic heterocycles. The number of aromatic nitrogens is 6. The van der Waals surface area contributed by atoms with Crippen LogP contribution in [0.4, 0.5) is 5.82 Å². The first kappa shape index (κ1) is 14.2. The molecule has 0 radical (unpaired) electrons. The van der Waals surface area contributed by atoms with Crippen LogP contribution >= 0.6 is 0 Å². The third kappa shape index (κ3) is 2.13. The molecule has 2 aliphatic rings. The van der Waals surface area contributed by atoms with E-state index in [1.807, 2.05) is 16.9 Å². The number of anilines is 1. The Kier molecular flexibility index (Phi) is 2.75. The number of nitrogens with one attached hydrogen (secondary N) is 1. The van der Waals surface area contributed by atoms with Gasteiger partial charge in [-0.1, -0.05) is 0 Å². The SMILES string of the molecule is Cc1nc2ncc(-c3ccn4ncnc(NC5CC5)c34)cc2n1C1CC1. The van der Waals surface area contributed by atoms with Crippen molar-refractivity contribution in [3.8, 4) is 11.1 Å². The van der Waals surface area contributed by atoms with Crippen LogP contribution in [0.2, 0.25) is 0 Å². The number of hydrogen-bond donors (Lipinski definition) is 1. The molecule has 0 unspecified atom stereocenters. The van der Waals surface area contributed by atoms with Gasteiger partial charge in [0.2, 0.25) is 0 Å². The normalized spacial score (nSPS) is 17.3. The van der Waals surface area contributed by atoms with Gasteiger partial charge in [0.05, 0.1) is 5.52 Å². The lowest BCUT2D eigenvalue weighted by atomic mass is 10.1. The highest BCUT2D eigenvalue weighted by Crippen LogP contribution is 2.39. The van der Waals surface area contributed by atoms with Crippen molar-refractivity contribution in [2.75, 3.05) is 5.32 Å². The van der Waals surface area contributed by atoms with E-state index in [0.29, 0.717) is 12.1 Å². The number of imidazole rings is 1. The molecule has 7 heteroatoms. The fraction of sp³-hybridized carbons (Fsp3) is 0.368. The topological polar surface area (TPSA) is 72.9 Å². The average Bonchev–Trinajstić information content (AvgIpc) is 3.56. The summed E-state index contributed by atoms with van der Waals surface area (Å²) in [5.41, 5.74) is 5.14. The molecule has 2 aliphatic carbocycles. The fourth-order valence-corrected chi connectivity index (χ4v) is 3.75. The zero-order valence-electron chi connectivity index (χ0n) is 14.6. The third-order valence-corrected chi connectivity index (χ3v) is 5.32. The quantitative estimate of drug-likeness (QED) is 0.614. The van der Waals surface area contributed by atoms with Gasteiger partial charge in [0.1, 0.15) is 17.7 Å². The molecule has 0 aromatic carbocycles. The van der Waals surface area contributed by atoms with Crippen molar-refractivity contribution in [1.82, 2.24) is 29.1 Å². The van der Waals surface area contributed by atoms with E-state index in [0.717, 1.165) is 39.4 Å². The van der Waals surface area contributed by atoms with Gasteiger partial charge in [-0.05, 0) is 44.7 Å². The predicted molar refractivity (Wildman–Crippen MR) is 99.2 cm³/mol. The van der Waals surface area contributed by atoms with Crippen molar-refractivity contribution in [3.63, 3.8) is 0 Å². The Hall–Kier alpha value is -2.96. The molecule has 0 atom stereocenters. The molecule has 130 valence electrons. The van der Waals surface area contributed by atoms with E-state index in [1.165, 1.54) is 25.7 Å². The molecule has 2 fully saturated rings. The largest absolute Gasteiger partial charge is 0.365 e. The first-order valence-corrected chi connectivity index (χ1v) is 9.22. The maximum absolute atomic E-state index is 4.64. The Morgan fingerprint density at radius 2 is 2.04 bits per heavy atom. The number of hydrogen-bond acceptors (Lipinski definition) is 5. The number of aryl methyl sites for hydroxylation is 1. The van der Waals surface area contributed by atoms with Gasteiger partial charge >= 0.3 is 0 Å². The summed E-state index contributed by atoms with van der Waals surface area (Å²) >= 11 is 0. The Morgan fingerprint density at radius 1 is 1.15 bits per heavy atom. The summed E-state index contributed by atoms with van der Waals surface area (Å²) in [6, 6.07) is 5.42. The van der Waals surface area contributed by atoms with Crippen LogP contribution in [-0.2, 0) is 0 Å². The lowest BCUT2D eigenvalue weighted by Crippen LogP contribution is -2.06. The Balaban J connectivity index is 1.55. The highest BCUT2D eigenvalue weighted by Gasteiger charge is 2.28. The summed E-state index contributed by atoms with van der Waals surface area (Å²) in [6.45, 7) is 2.07. The van der Waals surface area contributed by atoms with E-state index >= 15 is 0 Å². The van der Waals surface area contributed by atoms with Gasteiger partial charge < -0.3 is 9.88 Å². The van der Waals surface area contributed by atoms with Crippen molar-refractivity contribution >= 4 is 22.5 Å². The molecular formula is C19H19N7. The second-order valence-corrected chi connectivity index (χ2v) is 7.38. The van der Waals surface area contributed by atoms with Crippen molar-refractivity contribution in [1.29, 1.82) is 0 Å². The lowest BCUT2D eigenvalue weighted by molar-refractivity contribution is 0.734. The Bertz CT molecular complexity index is 1150. The van der Waals surface area contributed by atoms with E-state index in [-0.39, 0.29) is 0 Å². The molecule has 4 heterocycles. The van der Waals surface area contributed by atoms with Crippen molar-refractivity contribution in [2.24, 2.45) is 0 Å². The third-order valence-electron chi connectivity index (χ3n) is 5.32. The molecular weight excluding hydrogens is 326 g/mol. The van der Waals surface area contributed by atoms with Gasteiger partial charge in [-0.2, -0.15) is 5.10 Å². The van der Waals surface area contributed by atoms with Crippen LogP contribution in [0, 0.1) is 6.92 Å². The van der Waals surface area contributed by atoms with Crippen LogP contribution in [0.25, 0.3) is 27.8 Å². The molecule has 0 spiro atoms. The molecule has 0 amide bonds. The molecule has 0 aliphatic heterocycles. The summed E-state index contributed by atoms with van der Waals surface area (Å²) < 4.78 is 4.23. The summed E-state index contributed by atoms with van der Waals surface area (Å²) in [6.07, 6.45) is 10.4. The lowest BCUT2D eigenvalue weighted by Gasteiger charge is -2.08. The van der Waals surface area contributed by atoms with Gasteiger partial charge in [0, 0.05) is 35.6 Å². The standard InChI is InChI=1S/C19H19N7/c1-11-23-18-16(26(11)14-4-5-14)8-12(9-20-18)15-6-7-25-17(15)19(21-10-22-25)24-13-2-3-13/h6-10,13-14H,2-5H2,1H3,(H,21,22,24). The van der Waals surface area contributed by atoms with Crippen molar-refractivity contribution < 1.29 is 0 Å². The number of fused-ring (bicyclic) bond motifs is 2. The van der Waals surface area contributed by atoms with E-state index < -0.39 is 0 Å². The highest BCUT2D eigenvalue weighted by molar-refractivity contribution is 5.91. The maximum Gasteiger partial charge on any atom is 0.177 e. The van der Waals surface area contributed by atoms with E-state index in [1.54, 1.807) is 6.33 Å².